The van der Waals surface area contributed by atoms with E-state index >= 15 is 0 Å². The molecule has 36 heavy (non-hydrogen) atoms. The van der Waals surface area contributed by atoms with Gasteiger partial charge in [-0.3, -0.25) is 0 Å². The maximum absolute atomic E-state index is 13.4. The Morgan fingerprint density at radius 2 is 1.83 bits per heavy atom. The number of esters is 1. The lowest BCUT2D eigenvalue weighted by atomic mass is 9.86. The number of aromatic nitrogens is 3. The Balaban J connectivity index is 1.55. The van der Waals surface area contributed by atoms with Crippen molar-refractivity contribution in [3.05, 3.63) is 76.6 Å². The molecule has 8 nitrogen and oxygen atoms in total. The zero-order valence-corrected chi connectivity index (χ0v) is 20.5. The Morgan fingerprint density at radius 3 is 2.61 bits per heavy atom. The van der Waals surface area contributed by atoms with Gasteiger partial charge < -0.3 is 18.6 Å². The normalized spacial score (nSPS) is 14.0. The molecule has 8 heteroatoms. The van der Waals surface area contributed by atoms with Crippen LogP contribution in [0, 0.1) is 0 Å². The van der Waals surface area contributed by atoms with Gasteiger partial charge in [-0.05, 0) is 60.2 Å². The van der Waals surface area contributed by atoms with Crippen LogP contribution in [0.4, 0.5) is 0 Å². The fraction of sp³-hybridized carbons (Fsp3) is 0.286. The summed E-state index contributed by atoms with van der Waals surface area (Å²) in [6.45, 7) is 1.84. The number of allylic oxidation sites excluding steroid dienone is 1. The fourth-order valence-corrected chi connectivity index (χ4v) is 4.54. The Hall–Kier alpha value is -4.20. The first kappa shape index (κ1) is 23.5. The number of carbonyl (C=O) groups is 1. The average Bonchev–Trinajstić information content (AvgIpc) is 3.39. The van der Waals surface area contributed by atoms with Crippen LogP contribution in [-0.2, 0) is 24.2 Å². The molecule has 0 N–H and O–H groups in total. The summed E-state index contributed by atoms with van der Waals surface area (Å²) >= 11 is 0. The zero-order valence-electron chi connectivity index (χ0n) is 20.5. The second-order valence-corrected chi connectivity index (χ2v) is 8.49. The van der Waals surface area contributed by atoms with Gasteiger partial charge in [0.15, 0.2) is 18.1 Å². The standard InChI is InChI=1S/C28H27N3O5/c1-4-24-30-31-25(36-24)16-35-28(32)26-19-9-5-6-11-21(19)29-27-18(8-7-10-20(26)27)14-17-12-13-22(33-2)23(15-17)34-3/h5-6,9,11-15H,4,7-8,10,16H2,1-3H3/b18-14-. The molecule has 2 aromatic heterocycles. The molecule has 184 valence electrons. The number of aryl methyl sites for hydroxylation is 1. The summed E-state index contributed by atoms with van der Waals surface area (Å²) in [5.74, 6) is 1.70. The highest BCUT2D eigenvalue weighted by Gasteiger charge is 2.26. The van der Waals surface area contributed by atoms with Gasteiger partial charge in [0.25, 0.3) is 5.89 Å². The number of para-hydroxylation sites is 1. The van der Waals surface area contributed by atoms with Crippen molar-refractivity contribution < 1.29 is 23.4 Å². The van der Waals surface area contributed by atoms with Crippen molar-refractivity contribution >= 4 is 28.5 Å². The first-order valence-electron chi connectivity index (χ1n) is 11.9. The van der Waals surface area contributed by atoms with Gasteiger partial charge in [-0.1, -0.05) is 31.2 Å². The van der Waals surface area contributed by atoms with E-state index in [1.165, 1.54) is 0 Å². The van der Waals surface area contributed by atoms with E-state index in [2.05, 4.69) is 16.3 Å². The maximum atomic E-state index is 13.4. The lowest BCUT2D eigenvalue weighted by molar-refractivity contribution is 0.0437. The molecule has 0 radical (unpaired) electrons. The van der Waals surface area contributed by atoms with Crippen molar-refractivity contribution in [2.24, 2.45) is 0 Å². The molecular weight excluding hydrogens is 458 g/mol. The first-order chi connectivity index (χ1) is 17.6. The molecule has 0 bridgehead atoms. The molecule has 0 atom stereocenters. The van der Waals surface area contributed by atoms with Gasteiger partial charge >= 0.3 is 5.97 Å². The van der Waals surface area contributed by atoms with Crippen molar-refractivity contribution in [3.63, 3.8) is 0 Å². The Kier molecular flexibility index (Phi) is 6.66. The maximum Gasteiger partial charge on any atom is 0.339 e. The largest absolute Gasteiger partial charge is 0.493 e. The van der Waals surface area contributed by atoms with Crippen molar-refractivity contribution in [2.75, 3.05) is 14.2 Å². The lowest BCUT2D eigenvalue weighted by Gasteiger charge is -2.22. The smallest absolute Gasteiger partial charge is 0.339 e. The summed E-state index contributed by atoms with van der Waals surface area (Å²) in [4.78, 5) is 18.4. The van der Waals surface area contributed by atoms with E-state index in [0.29, 0.717) is 29.4 Å². The van der Waals surface area contributed by atoms with Crippen LogP contribution in [0.1, 0.15) is 58.7 Å². The van der Waals surface area contributed by atoms with E-state index in [-0.39, 0.29) is 12.5 Å². The van der Waals surface area contributed by atoms with Gasteiger partial charge in [0.2, 0.25) is 5.89 Å². The van der Waals surface area contributed by atoms with Crippen LogP contribution in [0.5, 0.6) is 11.5 Å². The molecular formula is C28H27N3O5. The Labute approximate surface area is 208 Å². The van der Waals surface area contributed by atoms with Crippen LogP contribution < -0.4 is 9.47 Å². The molecule has 0 fully saturated rings. The van der Waals surface area contributed by atoms with E-state index in [4.69, 9.17) is 23.6 Å². The summed E-state index contributed by atoms with van der Waals surface area (Å²) in [5.41, 5.74) is 5.05. The molecule has 1 aliphatic carbocycles. The first-order valence-corrected chi connectivity index (χ1v) is 11.9. The van der Waals surface area contributed by atoms with Gasteiger partial charge in [0, 0.05) is 11.8 Å². The highest BCUT2D eigenvalue weighted by molar-refractivity contribution is 6.06. The molecule has 2 aromatic carbocycles. The SMILES string of the molecule is CCc1nnc(COC(=O)c2c3c(nc4ccccc24)/C(=C\c2ccc(OC)c(OC)c2)CCC3)o1. The summed E-state index contributed by atoms with van der Waals surface area (Å²) in [5, 5.41) is 8.66. The fourth-order valence-electron chi connectivity index (χ4n) is 4.54. The van der Waals surface area contributed by atoms with Crippen molar-refractivity contribution in [2.45, 2.75) is 39.2 Å². The Bertz CT molecular complexity index is 1460. The van der Waals surface area contributed by atoms with Crippen LogP contribution in [0.25, 0.3) is 22.6 Å². The lowest BCUT2D eigenvalue weighted by Crippen LogP contribution is -2.15. The number of nitrogens with zero attached hydrogens (tertiary/aromatic N) is 3. The zero-order chi connectivity index (χ0) is 25.1. The van der Waals surface area contributed by atoms with Crippen LogP contribution in [0.15, 0.2) is 46.9 Å². The summed E-state index contributed by atoms with van der Waals surface area (Å²) in [6, 6.07) is 13.4. The molecule has 2 heterocycles. The molecule has 0 unspecified atom stereocenters. The minimum Gasteiger partial charge on any atom is -0.493 e. The molecule has 0 saturated carbocycles. The molecule has 4 aromatic rings. The number of methoxy groups -OCH3 is 2. The van der Waals surface area contributed by atoms with Crippen molar-refractivity contribution in [3.8, 4) is 11.5 Å². The summed E-state index contributed by atoms with van der Waals surface area (Å²) in [6.07, 6.45) is 5.21. The predicted molar refractivity (Wildman–Crippen MR) is 135 cm³/mol. The molecule has 5 rings (SSSR count). The number of ether oxygens (including phenoxy) is 3. The Morgan fingerprint density at radius 1 is 1.03 bits per heavy atom. The minimum absolute atomic E-state index is 0.0778. The molecule has 0 aliphatic heterocycles. The number of benzene rings is 2. The van der Waals surface area contributed by atoms with Gasteiger partial charge in [0.05, 0.1) is 31.0 Å². The average molecular weight is 486 g/mol. The highest BCUT2D eigenvalue weighted by Crippen LogP contribution is 2.37. The van der Waals surface area contributed by atoms with Gasteiger partial charge in [-0.2, -0.15) is 0 Å². The van der Waals surface area contributed by atoms with Gasteiger partial charge in [-0.15, -0.1) is 10.2 Å². The number of rotatable bonds is 7. The second-order valence-electron chi connectivity index (χ2n) is 8.49. The van der Waals surface area contributed by atoms with E-state index in [0.717, 1.165) is 52.6 Å². The van der Waals surface area contributed by atoms with Crippen molar-refractivity contribution in [1.82, 2.24) is 15.2 Å². The number of carbonyl (C=O) groups excluding carboxylic acids is 1. The van der Waals surface area contributed by atoms with Gasteiger partial charge in [-0.25, -0.2) is 9.78 Å². The second kappa shape index (κ2) is 10.2. The number of pyridine rings is 1. The van der Waals surface area contributed by atoms with E-state index < -0.39 is 5.97 Å². The third-order valence-corrected chi connectivity index (χ3v) is 6.26. The van der Waals surface area contributed by atoms with Gasteiger partial charge in [0.1, 0.15) is 0 Å². The van der Waals surface area contributed by atoms with E-state index in [9.17, 15) is 4.79 Å². The van der Waals surface area contributed by atoms with Crippen LogP contribution in [0.2, 0.25) is 0 Å². The third-order valence-electron chi connectivity index (χ3n) is 6.26. The van der Waals surface area contributed by atoms with Crippen molar-refractivity contribution in [1.29, 1.82) is 0 Å². The van der Waals surface area contributed by atoms with Crippen LogP contribution in [0.3, 0.4) is 0 Å². The quantitative estimate of drug-likeness (QED) is 0.320. The molecule has 0 saturated heterocycles. The van der Waals surface area contributed by atoms with Crippen LogP contribution in [-0.4, -0.2) is 35.4 Å². The summed E-state index contributed by atoms with van der Waals surface area (Å²) < 4.78 is 22.0. The highest BCUT2D eigenvalue weighted by atomic mass is 16.5. The third kappa shape index (κ3) is 4.54. The van der Waals surface area contributed by atoms with Crippen LogP contribution >= 0.6 is 0 Å². The number of hydrogen-bond donors (Lipinski definition) is 0. The topological polar surface area (TPSA) is 96.6 Å². The van der Waals surface area contributed by atoms with E-state index in [1.54, 1.807) is 14.2 Å². The number of hydrogen-bond acceptors (Lipinski definition) is 8. The molecule has 0 amide bonds. The molecule has 1 aliphatic rings. The minimum atomic E-state index is -0.423. The van der Waals surface area contributed by atoms with E-state index in [1.807, 2.05) is 49.4 Å². The monoisotopic (exact) mass is 485 g/mol. The summed E-state index contributed by atoms with van der Waals surface area (Å²) in [7, 11) is 3.23. The number of fused-ring (bicyclic) bond motifs is 2. The predicted octanol–water partition coefficient (Wildman–Crippen LogP) is 5.43. The molecule has 0 spiro atoms.